The van der Waals surface area contributed by atoms with Gasteiger partial charge in [0, 0.05) is 20.9 Å². The van der Waals surface area contributed by atoms with Gasteiger partial charge in [-0.1, -0.05) is 36.4 Å². The van der Waals surface area contributed by atoms with E-state index in [1.807, 2.05) is 18.2 Å². The van der Waals surface area contributed by atoms with E-state index in [9.17, 15) is 20.0 Å². The predicted octanol–water partition coefficient (Wildman–Crippen LogP) is 4.14. The number of nitrogens with one attached hydrogen (secondary N) is 1. The third-order valence-electron chi connectivity index (χ3n) is 3.74. The van der Waals surface area contributed by atoms with Crippen molar-refractivity contribution in [2.75, 3.05) is 0 Å². The molecule has 0 fully saturated rings. The summed E-state index contributed by atoms with van der Waals surface area (Å²) in [5.41, 5.74) is 1.49. The molecule has 2 N–H and O–H groups in total. The smallest absolute Gasteiger partial charge is 0.352 e. The van der Waals surface area contributed by atoms with E-state index in [4.69, 9.17) is 0 Å². The number of carboxylic acids is 1. The first-order valence-electron chi connectivity index (χ1n) is 7.99. The molecule has 2 aromatic carbocycles. The Hall–Kier alpha value is -3.69. The summed E-state index contributed by atoms with van der Waals surface area (Å²) in [6, 6.07) is 21.3. The van der Waals surface area contributed by atoms with Gasteiger partial charge in [0.05, 0.1) is 11.6 Å². The molecule has 1 heterocycles. The Bertz CT molecular complexity index is 1060. The monoisotopic (exact) mass is 374 g/mol. The van der Waals surface area contributed by atoms with Gasteiger partial charge in [0.2, 0.25) is 0 Å². The first-order valence-corrected chi connectivity index (χ1v) is 8.81. The number of benzene rings is 2. The van der Waals surface area contributed by atoms with Crippen LogP contribution in [0, 0.1) is 11.3 Å². The van der Waals surface area contributed by atoms with Crippen LogP contribution in [0.1, 0.15) is 20.8 Å². The molecular weight excluding hydrogens is 360 g/mol. The Balaban J connectivity index is 1.87. The molecule has 0 saturated carbocycles. The van der Waals surface area contributed by atoms with Crippen molar-refractivity contribution in [3.05, 3.63) is 88.4 Å². The second-order valence-electron chi connectivity index (χ2n) is 5.54. The van der Waals surface area contributed by atoms with Gasteiger partial charge in [-0.25, -0.2) is 4.79 Å². The summed E-state index contributed by atoms with van der Waals surface area (Å²) in [6.45, 7) is 0. The number of nitrogens with zero attached hydrogens (tertiary/aromatic N) is 1. The summed E-state index contributed by atoms with van der Waals surface area (Å²) < 4.78 is 0. The minimum absolute atomic E-state index is 0.217. The van der Waals surface area contributed by atoms with Crippen molar-refractivity contribution >= 4 is 29.3 Å². The van der Waals surface area contributed by atoms with Crippen LogP contribution < -0.4 is 5.32 Å². The normalized spacial score (nSPS) is 10.9. The largest absolute Gasteiger partial charge is 0.477 e. The van der Waals surface area contributed by atoms with Crippen LogP contribution in [0.2, 0.25) is 0 Å². The lowest BCUT2D eigenvalue weighted by Crippen LogP contribution is -2.27. The molecule has 0 saturated heterocycles. The van der Waals surface area contributed by atoms with Crippen LogP contribution >= 0.6 is 11.3 Å². The topological polar surface area (TPSA) is 90.2 Å². The van der Waals surface area contributed by atoms with Crippen molar-refractivity contribution in [1.82, 2.24) is 5.32 Å². The molecule has 27 heavy (non-hydrogen) atoms. The number of nitriles is 1. The molecule has 0 spiro atoms. The Kier molecular flexibility index (Phi) is 5.45. The van der Waals surface area contributed by atoms with Crippen LogP contribution in [-0.2, 0) is 4.79 Å². The first kappa shape index (κ1) is 18.1. The molecule has 132 valence electrons. The maximum Gasteiger partial charge on any atom is 0.352 e. The van der Waals surface area contributed by atoms with E-state index in [1.54, 1.807) is 48.5 Å². The Morgan fingerprint density at radius 2 is 1.70 bits per heavy atom. The SMILES string of the molecule is N#Cc1ccccc1-c1ccc(/C=C(/NC(=O)c2ccccc2)C(=O)O)s1. The van der Waals surface area contributed by atoms with E-state index in [1.165, 1.54) is 17.4 Å². The number of carbonyl (C=O) groups is 2. The summed E-state index contributed by atoms with van der Waals surface area (Å²) in [6.07, 6.45) is 1.41. The van der Waals surface area contributed by atoms with E-state index in [2.05, 4.69) is 11.4 Å². The van der Waals surface area contributed by atoms with Gasteiger partial charge in [0.25, 0.3) is 5.91 Å². The Labute approximate surface area is 159 Å². The number of hydrogen-bond acceptors (Lipinski definition) is 4. The predicted molar refractivity (Wildman–Crippen MR) is 104 cm³/mol. The standard InChI is InChI=1S/C21H14N2O3S/c22-13-15-8-4-5-9-17(15)19-11-10-16(27-19)12-18(21(25)26)23-20(24)14-6-2-1-3-7-14/h1-12H,(H,23,24)(H,25,26)/b18-12+. The zero-order valence-corrected chi connectivity index (χ0v) is 14.9. The van der Waals surface area contributed by atoms with Gasteiger partial charge in [0.1, 0.15) is 5.70 Å². The highest BCUT2D eigenvalue weighted by atomic mass is 32.1. The molecule has 1 aromatic heterocycles. The molecule has 0 aliphatic heterocycles. The van der Waals surface area contributed by atoms with E-state index in [0.29, 0.717) is 16.0 Å². The highest BCUT2D eigenvalue weighted by Gasteiger charge is 2.14. The van der Waals surface area contributed by atoms with Gasteiger partial charge in [-0.05, 0) is 36.4 Å². The van der Waals surface area contributed by atoms with E-state index >= 15 is 0 Å². The lowest BCUT2D eigenvalue weighted by atomic mass is 10.1. The highest BCUT2D eigenvalue weighted by Crippen LogP contribution is 2.31. The van der Waals surface area contributed by atoms with Crippen LogP contribution in [0.3, 0.4) is 0 Å². The molecule has 0 aliphatic rings. The average Bonchev–Trinajstić information content (AvgIpc) is 3.16. The highest BCUT2D eigenvalue weighted by molar-refractivity contribution is 7.16. The first-order chi connectivity index (χ1) is 13.1. The fourth-order valence-corrected chi connectivity index (χ4v) is 3.44. The van der Waals surface area contributed by atoms with Crippen molar-refractivity contribution in [2.24, 2.45) is 0 Å². The molecule has 1 amide bonds. The number of carbonyl (C=O) groups excluding carboxylic acids is 1. The summed E-state index contributed by atoms with van der Waals surface area (Å²) >= 11 is 1.34. The van der Waals surface area contributed by atoms with Crippen molar-refractivity contribution < 1.29 is 14.7 Å². The molecule has 6 heteroatoms. The molecule has 5 nitrogen and oxygen atoms in total. The zero-order valence-electron chi connectivity index (χ0n) is 14.0. The van der Waals surface area contributed by atoms with Crippen molar-refractivity contribution in [3.8, 4) is 16.5 Å². The average molecular weight is 374 g/mol. The fourth-order valence-electron chi connectivity index (χ4n) is 2.45. The quantitative estimate of drug-likeness (QED) is 0.657. The lowest BCUT2D eigenvalue weighted by Gasteiger charge is -2.05. The van der Waals surface area contributed by atoms with E-state index in [0.717, 1.165) is 10.4 Å². The van der Waals surface area contributed by atoms with Gasteiger partial charge in [0.15, 0.2) is 0 Å². The minimum atomic E-state index is -1.23. The van der Waals surface area contributed by atoms with Crippen LogP contribution in [-0.4, -0.2) is 17.0 Å². The molecule has 3 aromatic rings. The number of rotatable bonds is 5. The molecule has 0 radical (unpaired) electrons. The fraction of sp³-hybridized carbons (Fsp3) is 0. The Morgan fingerprint density at radius 1 is 1.00 bits per heavy atom. The maximum absolute atomic E-state index is 12.2. The van der Waals surface area contributed by atoms with Gasteiger partial charge >= 0.3 is 5.97 Å². The van der Waals surface area contributed by atoms with Gasteiger partial charge in [-0.2, -0.15) is 5.26 Å². The van der Waals surface area contributed by atoms with Crippen molar-refractivity contribution in [3.63, 3.8) is 0 Å². The van der Waals surface area contributed by atoms with Gasteiger partial charge in [-0.3, -0.25) is 4.79 Å². The Morgan fingerprint density at radius 3 is 2.41 bits per heavy atom. The molecular formula is C21H14N2O3S. The second kappa shape index (κ2) is 8.13. The second-order valence-corrected chi connectivity index (χ2v) is 6.66. The summed E-state index contributed by atoms with van der Waals surface area (Å²) in [7, 11) is 0. The molecule has 3 rings (SSSR count). The molecule has 0 aliphatic carbocycles. The number of amides is 1. The van der Waals surface area contributed by atoms with Gasteiger partial charge < -0.3 is 10.4 Å². The van der Waals surface area contributed by atoms with Crippen molar-refractivity contribution in [1.29, 1.82) is 5.26 Å². The number of hydrogen-bond donors (Lipinski definition) is 2. The number of thiophene rings is 1. The van der Waals surface area contributed by atoms with Crippen LogP contribution in [0.4, 0.5) is 0 Å². The van der Waals surface area contributed by atoms with Crippen LogP contribution in [0.15, 0.2) is 72.4 Å². The number of carboxylic acid groups (broad SMARTS) is 1. The molecule has 0 bridgehead atoms. The summed E-state index contributed by atoms with van der Waals surface area (Å²) in [5, 5.41) is 21.1. The number of aliphatic carboxylic acids is 1. The third-order valence-corrected chi connectivity index (χ3v) is 4.81. The van der Waals surface area contributed by atoms with E-state index in [-0.39, 0.29) is 5.70 Å². The minimum Gasteiger partial charge on any atom is -0.477 e. The van der Waals surface area contributed by atoms with E-state index < -0.39 is 11.9 Å². The molecule has 0 unspecified atom stereocenters. The maximum atomic E-state index is 12.2. The molecule has 0 atom stereocenters. The third kappa shape index (κ3) is 4.29. The summed E-state index contributed by atoms with van der Waals surface area (Å²) in [4.78, 5) is 25.2. The lowest BCUT2D eigenvalue weighted by molar-refractivity contribution is -0.132. The van der Waals surface area contributed by atoms with Crippen molar-refractivity contribution in [2.45, 2.75) is 0 Å². The van der Waals surface area contributed by atoms with Crippen LogP contribution in [0.25, 0.3) is 16.5 Å². The van der Waals surface area contributed by atoms with Gasteiger partial charge in [-0.15, -0.1) is 11.3 Å². The summed E-state index contributed by atoms with van der Waals surface area (Å²) in [5.74, 6) is -1.72. The van der Waals surface area contributed by atoms with Crippen LogP contribution in [0.5, 0.6) is 0 Å². The zero-order chi connectivity index (χ0) is 19.2.